The lowest BCUT2D eigenvalue weighted by molar-refractivity contribution is -0.00648. The van der Waals surface area contributed by atoms with Crippen LogP contribution in [0, 0.1) is 5.41 Å². The number of carbonyl (C=O) groups is 1. The summed E-state index contributed by atoms with van der Waals surface area (Å²) in [7, 11) is 1.76. The summed E-state index contributed by atoms with van der Waals surface area (Å²) in [6, 6.07) is 0. The summed E-state index contributed by atoms with van der Waals surface area (Å²) in [6.07, 6.45) is 13.1. The Labute approximate surface area is 181 Å². The fraction of sp³-hybridized carbons (Fsp3) is 0.720. The molecular formula is C25H47NO3. The first-order valence-electron chi connectivity index (χ1n) is 11.2. The molecular weight excluding hydrogens is 362 g/mol. The summed E-state index contributed by atoms with van der Waals surface area (Å²) in [5.41, 5.74) is 0.935. The number of ether oxygens (including phenoxy) is 2. The highest BCUT2D eigenvalue weighted by molar-refractivity contribution is 5.68. The van der Waals surface area contributed by atoms with Crippen molar-refractivity contribution in [2.45, 2.75) is 87.2 Å². The number of likely N-dealkylation sites (tertiary alicyclic amines) is 1. The summed E-state index contributed by atoms with van der Waals surface area (Å²) < 4.78 is 11.0. The van der Waals surface area contributed by atoms with Gasteiger partial charge in [-0.05, 0) is 53.9 Å². The van der Waals surface area contributed by atoms with Gasteiger partial charge in [0.15, 0.2) is 0 Å². The highest BCUT2D eigenvalue weighted by atomic mass is 16.6. The first kappa shape index (κ1) is 29.6. The Hall–Kier alpha value is -1.55. The van der Waals surface area contributed by atoms with Crippen LogP contribution in [-0.2, 0) is 9.47 Å². The topological polar surface area (TPSA) is 38.8 Å². The molecule has 0 bridgehead atoms. The number of amides is 1. The van der Waals surface area contributed by atoms with Gasteiger partial charge in [-0.25, -0.2) is 4.79 Å². The SMILES string of the molecule is CC.CC.C\C=C/C=C\C(=C/C)CC1(COC)CCN(C(=O)OC(C)(C)C)CC1. The molecule has 0 aromatic carbocycles. The Morgan fingerprint density at radius 2 is 1.59 bits per heavy atom. The van der Waals surface area contributed by atoms with E-state index in [1.807, 2.05) is 72.4 Å². The van der Waals surface area contributed by atoms with E-state index in [1.54, 1.807) is 7.11 Å². The summed E-state index contributed by atoms with van der Waals surface area (Å²) in [5.74, 6) is 0. The number of piperidine rings is 1. The van der Waals surface area contributed by atoms with E-state index >= 15 is 0 Å². The number of nitrogens with zero attached hydrogens (tertiary/aromatic N) is 1. The Morgan fingerprint density at radius 1 is 1.03 bits per heavy atom. The predicted octanol–water partition coefficient (Wildman–Crippen LogP) is 7.17. The summed E-state index contributed by atoms with van der Waals surface area (Å²) >= 11 is 0. The van der Waals surface area contributed by atoms with Crippen LogP contribution >= 0.6 is 0 Å². The van der Waals surface area contributed by atoms with Crippen LogP contribution in [0.2, 0.25) is 0 Å². The van der Waals surface area contributed by atoms with Crippen molar-refractivity contribution in [2.24, 2.45) is 5.41 Å². The van der Waals surface area contributed by atoms with Gasteiger partial charge in [-0.1, -0.05) is 63.6 Å². The van der Waals surface area contributed by atoms with E-state index in [0.29, 0.717) is 19.7 Å². The second kappa shape index (κ2) is 16.3. The molecule has 1 aliphatic heterocycles. The molecule has 0 unspecified atom stereocenters. The normalized spacial score (nSPS) is 16.8. The molecule has 0 aromatic rings. The Bertz CT molecular complexity index is 505. The highest BCUT2D eigenvalue weighted by Crippen LogP contribution is 2.38. The van der Waals surface area contributed by atoms with Gasteiger partial charge in [0.1, 0.15) is 5.60 Å². The second-order valence-electron chi connectivity index (χ2n) is 7.83. The van der Waals surface area contributed by atoms with E-state index in [-0.39, 0.29) is 11.5 Å². The monoisotopic (exact) mass is 409 g/mol. The minimum Gasteiger partial charge on any atom is -0.444 e. The molecule has 0 radical (unpaired) electrons. The Kier molecular flexibility index (Phi) is 16.6. The molecule has 1 fully saturated rings. The highest BCUT2D eigenvalue weighted by Gasteiger charge is 2.37. The zero-order chi connectivity index (χ0) is 22.9. The van der Waals surface area contributed by atoms with E-state index < -0.39 is 5.60 Å². The van der Waals surface area contributed by atoms with Crippen molar-refractivity contribution < 1.29 is 14.3 Å². The molecule has 170 valence electrons. The fourth-order valence-electron chi connectivity index (χ4n) is 3.15. The van der Waals surface area contributed by atoms with Crippen molar-refractivity contribution in [3.8, 4) is 0 Å². The van der Waals surface area contributed by atoms with E-state index in [9.17, 15) is 4.79 Å². The first-order valence-corrected chi connectivity index (χ1v) is 11.2. The van der Waals surface area contributed by atoms with Gasteiger partial charge < -0.3 is 14.4 Å². The first-order chi connectivity index (χ1) is 13.7. The van der Waals surface area contributed by atoms with Gasteiger partial charge in [0.25, 0.3) is 0 Å². The molecule has 0 saturated carbocycles. The maximum absolute atomic E-state index is 12.3. The number of rotatable bonds is 6. The second-order valence-corrected chi connectivity index (χ2v) is 7.83. The van der Waals surface area contributed by atoms with Crippen molar-refractivity contribution in [1.82, 2.24) is 4.90 Å². The number of allylic oxidation sites excluding steroid dienone is 6. The van der Waals surface area contributed by atoms with Crippen molar-refractivity contribution in [1.29, 1.82) is 0 Å². The Balaban J connectivity index is 0. The third-order valence-corrected chi connectivity index (χ3v) is 4.49. The minimum absolute atomic E-state index is 0.0787. The lowest BCUT2D eigenvalue weighted by Gasteiger charge is -2.42. The van der Waals surface area contributed by atoms with Gasteiger partial charge in [-0.2, -0.15) is 0 Å². The maximum atomic E-state index is 12.3. The Morgan fingerprint density at radius 3 is 2.00 bits per heavy atom. The molecule has 1 rings (SSSR count). The molecule has 0 aromatic heterocycles. The number of hydrogen-bond donors (Lipinski definition) is 0. The van der Waals surface area contributed by atoms with Crippen LogP contribution in [0.25, 0.3) is 0 Å². The van der Waals surface area contributed by atoms with Crippen molar-refractivity contribution >= 4 is 6.09 Å². The predicted molar refractivity (Wildman–Crippen MR) is 126 cm³/mol. The van der Waals surface area contributed by atoms with Crippen LogP contribution in [-0.4, -0.2) is 43.4 Å². The molecule has 1 saturated heterocycles. The molecule has 1 heterocycles. The average Bonchev–Trinajstić information content (AvgIpc) is 2.70. The van der Waals surface area contributed by atoms with Gasteiger partial charge in [0, 0.05) is 25.6 Å². The van der Waals surface area contributed by atoms with Crippen molar-refractivity contribution in [2.75, 3.05) is 26.8 Å². The smallest absolute Gasteiger partial charge is 0.410 e. The molecule has 0 N–H and O–H groups in total. The minimum atomic E-state index is -0.451. The lowest BCUT2D eigenvalue weighted by atomic mass is 9.74. The number of hydrogen-bond acceptors (Lipinski definition) is 3. The average molecular weight is 410 g/mol. The molecule has 0 atom stereocenters. The van der Waals surface area contributed by atoms with Gasteiger partial charge in [0.2, 0.25) is 0 Å². The van der Waals surface area contributed by atoms with Crippen LogP contribution in [0.15, 0.2) is 36.0 Å². The maximum Gasteiger partial charge on any atom is 0.410 e. The van der Waals surface area contributed by atoms with Gasteiger partial charge >= 0.3 is 6.09 Å². The van der Waals surface area contributed by atoms with Crippen molar-refractivity contribution in [3.05, 3.63) is 36.0 Å². The van der Waals surface area contributed by atoms with Gasteiger partial charge in [-0.3, -0.25) is 0 Å². The number of carbonyl (C=O) groups excluding carboxylic acids is 1. The van der Waals surface area contributed by atoms with Crippen LogP contribution in [0.5, 0.6) is 0 Å². The van der Waals surface area contributed by atoms with E-state index in [0.717, 1.165) is 19.3 Å². The van der Waals surface area contributed by atoms with E-state index in [1.165, 1.54) is 5.57 Å². The van der Waals surface area contributed by atoms with Crippen molar-refractivity contribution in [3.63, 3.8) is 0 Å². The third-order valence-electron chi connectivity index (χ3n) is 4.49. The molecule has 29 heavy (non-hydrogen) atoms. The summed E-state index contributed by atoms with van der Waals surface area (Å²) in [4.78, 5) is 14.1. The summed E-state index contributed by atoms with van der Waals surface area (Å²) in [6.45, 7) is 19.9. The molecule has 1 amide bonds. The number of methoxy groups -OCH3 is 1. The standard InChI is InChI=1S/C21H35NO3.2C2H6/c1-7-9-10-11-18(8-2)16-21(17-24-6)12-14-22(15-13-21)19(23)25-20(3,4)5;2*1-2/h7-11H,12-17H2,1-6H3;2*1-2H3/b9-7-,11-10-,18-8+;;. The molecule has 0 spiro atoms. The largest absolute Gasteiger partial charge is 0.444 e. The van der Waals surface area contributed by atoms with Crippen LogP contribution in [0.4, 0.5) is 4.79 Å². The third kappa shape index (κ3) is 12.6. The molecule has 4 nitrogen and oxygen atoms in total. The zero-order valence-corrected chi connectivity index (χ0v) is 20.8. The zero-order valence-electron chi connectivity index (χ0n) is 20.8. The van der Waals surface area contributed by atoms with Gasteiger partial charge in [-0.15, -0.1) is 0 Å². The van der Waals surface area contributed by atoms with E-state index in [4.69, 9.17) is 9.47 Å². The molecule has 4 heteroatoms. The fourth-order valence-corrected chi connectivity index (χ4v) is 3.15. The van der Waals surface area contributed by atoms with Crippen LogP contribution in [0.1, 0.15) is 81.6 Å². The summed E-state index contributed by atoms with van der Waals surface area (Å²) in [5, 5.41) is 0. The van der Waals surface area contributed by atoms with Crippen LogP contribution < -0.4 is 0 Å². The lowest BCUT2D eigenvalue weighted by Crippen LogP contribution is -2.46. The van der Waals surface area contributed by atoms with Crippen LogP contribution in [0.3, 0.4) is 0 Å². The molecule has 1 aliphatic rings. The molecule has 0 aliphatic carbocycles. The quantitative estimate of drug-likeness (QED) is 0.436. The van der Waals surface area contributed by atoms with E-state index in [2.05, 4.69) is 25.2 Å². The van der Waals surface area contributed by atoms with Gasteiger partial charge in [0.05, 0.1) is 6.61 Å².